The Bertz CT molecular complexity index is 568. The summed E-state index contributed by atoms with van der Waals surface area (Å²) >= 11 is 6.10. The van der Waals surface area contributed by atoms with Gasteiger partial charge in [0, 0.05) is 11.4 Å². The molecule has 88 valence electrons. The molecule has 0 atom stereocenters. The van der Waals surface area contributed by atoms with Gasteiger partial charge in [0.05, 0.1) is 16.7 Å². The number of carboxylic acids is 1. The predicted molar refractivity (Wildman–Crippen MR) is 64.6 cm³/mol. The van der Waals surface area contributed by atoms with Crippen molar-refractivity contribution in [1.29, 1.82) is 0 Å². The van der Waals surface area contributed by atoms with Crippen molar-refractivity contribution in [1.82, 2.24) is 4.57 Å². The highest BCUT2D eigenvalue weighted by Gasteiger charge is 2.09. The molecule has 0 aliphatic carbocycles. The fraction of sp³-hybridized carbons (Fsp3) is 0.154. The van der Waals surface area contributed by atoms with E-state index in [0.717, 1.165) is 11.4 Å². The Morgan fingerprint density at radius 2 is 1.76 bits per heavy atom. The van der Waals surface area contributed by atoms with Crippen molar-refractivity contribution in [2.24, 2.45) is 0 Å². The van der Waals surface area contributed by atoms with Crippen LogP contribution in [-0.2, 0) is 0 Å². The standard InChI is InChI=1S/C13H12ClNO2/c1-8-3-4-9(2)15(8)12-7-10(13(16)17)5-6-11(12)14/h3-7H,1-2H3,(H,16,17)/p-1. The average Bonchev–Trinajstić information content (AvgIpc) is 2.59. The van der Waals surface area contributed by atoms with Crippen LogP contribution in [0.2, 0.25) is 5.02 Å². The summed E-state index contributed by atoms with van der Waals surface area (Å²) in [6.45, 7) is 3.88. The summed E-state index contributed by atoms with van der Waals surface area (Å²) < 4.78 is 1.91. The van der Waals surface area contributed by atoms with Crippen LogP contribution in [0.1, 0.15) is 21.7 Å². The summed E-state index contributed by atoms with van der Waals surface area (Å²) in [6.07, 6.45) is 0. The van der Waals surface area contributed by atoms with E-state index in [-0.39, 0.29) is 5.56 Å². The van der Waals surface area contributed by atoms with Crippen LogP contribution in [0.4, 0.5) is 0 Å². The third-order valence-electron chi connectivity index (χ3n) is 2.69. The van der Waals surface area contributed by atoms with E-state index in [1.54, 1.807) is 6.07 Å². The Morgan fingerprint density at radius 1 is 1.18 bits per heavy atom. The molecule has 0 radical (unpaired) electrons. The van der Waals surface area contributed by atoms with E-state index < -0.39 is 5.97 Å². The number of hydrogen-bond acceptors (Lipinski definition) is 2. The molecule has 2 rings (SSSR count). The van der Waals surface area contributed by atoms with E-state index in [4.69, 9.17) is 11.6 Å². The van der Waals surface area contributed by atoms with Crippen LogP contribution in [0.25, 0.3) is 5.69 Å². The highest BCUT2D eigenvalue weighted by molar-refractivity contribution is 6.32. The maximum absolute atomic E-state index is 10.8. The number of carbonyl (C=O) groups excluding carboxylic acids is 1. The van der Waals surface area contributed by atoms with Gasteiger partial charge in [-0.2, -0.15) is 0 Å². The van der Waals surface area contributed by atoms with Gasteiger partial charge >= 0.3 is 0 Å². The second kappa shape index (κ2) is 4.26. The molecule has 0 saturated carbocycles. The summed E-state index contributed by atoms with van der Waals surface area (Å²) in [5.74, 6) is -1.20. The zero-order valence-electron chi connectivity index (χ0n) is 9.53. The minimum atomic E-state index is -1.20. The van der Waals surface area contributed by atoms with Gasteiger partial charge < -0.3 is 14.5 Å². The maximum Gasteiger partial charge on any atom is 0.0716 e. The van der Waals surface area contributed by atoms with E-state index >= 15 is 0 Å². The number of benzene rings is 1. The quantitative estimate of drug-likeness (QED) is 0.817. The molecule has 17 heavy (non-hydrogen) atoms. The van der Waals surface area contributed by atoms with Gasteiger partial charge in [-0.25, -0.2) is 0 Å². The first-order valence-electron chi connectivity index (χ1n) is 5.17. The number of halogens is 1. The molecule has 0 bridgehead atoms. The topological polar surface area (TPSA) is 45.1 Å². The van der Waals surface area contributed by atoms with Crippen LogP contribution in [0.15, 0.2) is 30.3 Å². The first-order chi connectivity index (χ1) is 8.00. The van der Waals surface area contributed by atoms with Crippen LogP contribution in [0.3, 0.4) is 0 Å². The predicted octanol–water partition coefficient (Wildman–Crippen LogP) is 2.11. The zero-order valence-corrected chi connectivity index (χ0v) is 10.3. The van der Waals surface area contributed by atoms with Gasteiger partial charge in [-0.05, 0) is 43.7 Å². The first kappa shape index (κ1) is 11.7. The van der Waals surface area contributed by atoms with Crippen molar-refractivity contribution in [2.75, 3.05) is 0 Å². The van der Waals surface area contributed by atoms with Gasteiger partial charge in [-0.3, -0.25) is 0 Å². The second-order valence-electron chi connectivity index (χ2n) is 3.91. The SMILES string of the molecule is Cc1ccc(C)n1-c1cc(C(=O)[O-])ccc1Cl. The van der Waals surface area contributed by atoms with Crippen molar-refractivity contribution >= 4 is 17.6 Å². The largest absolute Gasteiger partial charge is 0.545 e. The van der Waals surface area contributed by atoms with E-state index in [1.165, 1.54) is 12.1 Å². The normalized spacial score (nSPS) is 10.5. The molecule has 1 aromatic carbocycles. The van der Waals surface area contributed by atoms with E-state index in [0.29, 0.717) is 10.7 Å². The molecule has 0 aliphatic heterocycles. The van der Waals surface area contributed by atoms with Crippen molar-refractivity contribution in [2.45, 2.75) is 13.8 Å². The molecular formula is C13H11ClNO2-. The number of carboxylic acid groups (broad SMARTS) is 1. The van der Waals surface area contributed by atoms with E-state index in [1.807, 2.05) is 30.5 Å². The molecular weight excluding hydrogens is 238 g/mol. The van der Waals surface area contributed by atoms with E-state index in [2.05, 4.69) is 0 Å². The van der Waals surface area contributed by atoms with Crippen LogP contribution in [0, 0.1) is 13.8 Å². The van der Waals surface area contributed by atoms with Gasteiger partial charge in [0.15, 0.2) is 0 Å². The number of aromatic carboxylic acids is 1. The number of hydrogen-bond donors (Lipinski definition) is 0. The van der Waals surface area contributed by atoms with Gasteiger partial charge in [0.2, 0.25) is 0 Å². The minimum Gasteiger partial charge on any atom is -0.545 e. The Morgan fingerprint density at radius 3 is 2.29 bits per heavy atom. The molecule has 0 amide bonds. The molecule has 0 N–H and O–H groups in total. The second-order valence-corrected chi connectivity index (χ2v) is 4.31. The molecule has 2 aromatic rings. The van der Waals surface area contributed by atoms with Crippen molar-refractivity contribution in [3.63, 3.8) is 0 Å². The molecule has 0 unspecified atom stereocenters. The maximum atomic E-state index is 10.8. The third kappa shape index (κ3) is 2.06. The van der Waals surface area contributed by atoms with Gasteiger partial charge in [0.1, 0.15) is 0 Å². The highest BCUT2D eigenvalue weighted by atomic mass is 35.5. The lowest BCUT2D eigenvalue weighted by Gasteiger charge is -2.13. The Labute approximate surface area is 104 Å². The summed E-state index contributed by atoms with van der Waals surface area (Å²) in [5.41, 5.74) is 2.78. The molecule has 0 spiro atoms. The van der Waals surface area contributed by atoms with Gasteiger partial charge in [0.25, 0.3) is 0 Å². The fourth-order valence-corrected chi connectivity index (χ4v) is 2.06. The Hall–Kier alpha value is -1.74. The molecule has 0 fully saturated rings. The lowest BCUT2D eigenvalue weighted by atomic mass is 10.2. The monoisotopic (exact) mass is 248 g/mol. The van der Waals surface area contributed by atoms with Crippen LogP contribution in [-0.4, -0.2) is 10.5 Å². The summed E-state index contributed by atoms with van der Waals surface area (Å²) in [5, 5.41) is 11.4. The van der Waals surface area contributed by atoms with Gasteiger partial charge in [-0.1, -0.05) is 17.7 Å². The third-order valence-corrected chi connectivity index (χ3v) is 3.01. The Balaban J connectivity index is 2.66. The highest BCUT2D eigenvalue weighted by Crippen LogP contribution is 2.25. The van der Waals surface area contributed by atoms with Crippen molar-refractivity contribution < 1.29 is 9.90 Å². The summed E-state index contributed by atoms with van der Waals surface area (Å²) in [6, 6.07) is 8.45. The molecule has 0 saturated heterocycles. The average molecular weight is 249 g/mol. The molecule has 3 nitrogen and oxygen atoms in total. The van der Waals surface area contributed by atoms with Crippen LogP contribution >= 0.6 is 11.6 Å². The van der Waals surface area contributed by atoms with E-state index in [9.17, 15) is 9.90 Å². The molecule has 4 heteroatoms. The Kier molecular flexibility index (Phi) is 2.94. The summed E-state index contributed by atoms with van der Waals surface area (Å²) in [4.78, 5) is 10.8. The minimum absolute atomic E-state index is 0.122. The number of aromatic nitrogens is 1. The molecule has 0 aliphatic rings. The number of aryl methyl sites for hydroxylation is 2. The molecule has 1 heterocycles. The number of nitrogens with zero attached hydrogens (tertiary/aromatic N) is 1. The lowest BCUT2D eigenvalue weighted by molar-refractivity contribution is -0.255. The summed E-state index contributed by atoms with van der Waals surface area (Å²) in [7, 11) is 0. The lowest BCUT2D eigenvalue weighted by Crippen LogP contribution is -2.22. The zero-order chi connectivity index (χ0) is 12.6. The first-order valence-corrected chi connectivity index (χ1v) is 5.54. The number of carbonyl (C=O) groups is 1. The van der Waals surface area contributed by atoms with Gasteiger partial charge in [-0.15, -0.1) is 0 Å². The van der Waals surface area contributed by atoms with Crippen LogP contribution < -0.4 is 5.11 Å². The van der Waals surface area contributed by atoms with Crippen molar-refractivity contribution in [3.05, 3.63) is 52.3 Å². The fourth-order valence-electron chi connectivity index (χ4n) is 1.86. The van der Waals surface area contributed by atoms with Crippen LogP contribution in [0.5, 0.6) is 0 Å². The van der Waals surface area contributed by atoms with Crippen molar-refractivity contribution in [3.8, 4) is 5.69 Å². The number of rotatable bonds is 2. The smallest absolute Gasteiger partial charge is 0.0716 e. The molecule has 1 aromatic heterocycles.